The molecule has 0 aliphatic rings. The predicted molar refractivity (Wildman–Crippen MR) is 115 cm³/mol. The number of aromatic nitrogens is 2. The first-order chi connectivity index (χ1) is 15.0. The average Bonchev–Trinajstić information content (AvgIpc) is 3.17. The van der Waals surface area contributed by atoms with Gasteiger partial charge in [0.2, 0.25) is 0 Å². The molecule has 2 heterocycles. The number of nitrogens with zero attached hydrogens (tertiary/aromatic N) is 3. The zero-order chi connectivity index (χ0) is 22.0. The highest BCUT2D eigenvalue weighted by atomic mass is 32.2. The van der Waals surface area contributed by atoms with Gasteiger partial charge in [-0.3, -0.25) is 4.79 Å². The Labute approximate surface area is 182 Å². The van der Waals surface area contributed by atoms with Crippen LogP contribution < -0.4 is 0 Å². The minimum atomic E-state index is -0.950. The number of rotatable bonds is 6. The van der Waals surface area contributed by atoms with E-state index in [0.717, 1.165) is 23.1 Å². The normalized spacial score (nSPS) is 12.1. The molecule has 31 heavy (non-hydrogen) atoms. The summed E-state index contributed by atoms with van der Waals surface area (Å²) in [7, 11) is 1.61. The van der Waals surface area contributed by atoms with Crippen LogP contribution in [-0.2, 0) is 5.75 Å². The molecule has 4 rings (SSSR count). The van der Waals surface area contributed by atoms with Crippen molar-refractivity contribution < 1.29 is 18.0 Å². The fourth-order valence-electron chi connectivity index (χ4n) is 3.24. The minimum absolute atomic E-state index is 0.210. The van der Waals surface area contributed by atoms with Gasteiger partial charge in [-0.15, -0.1) is 0 Å². The third kappa shape index (κ3) is 4.29. The van der Waals surface area contributed by atoms with E-state index in [1.54, 1.807) is 38.5 Å². The first-order valence-corrected chi connectivity index (χ1v) is 10.6. The monoisotopic (exact) mass is 439 g/mol. The van der Waals surface area contributed by atoms with Crippen molar-refractivity contribution in [2.75, 3.05) is 7.05 Å². The van der Waals surface area contributed by atoms with E-state index in [2.05, 4.69) is 9.97 Å². The van der Waals surface area contributed by atoms with Crippen LogP contribution in [0, 0.1) is 11.6 Å². The number of hydrogen-bond acceptors (Lipinski definition) is 5. The summed E-state index contributed by atoms with van der Waals surface area (Å²) >= 11 is 1.40. The third-order valence-corrected chi connectivity index (χ3v) is 6.01. The lowest BCUT2D eigenvalue weighted by molar-refractivity contribution is 0.0711. The van der Waals surface area contributed by atoms with Gasteiger partial charge in [-0.05, 0) is 36.8 Å². The number of para-hydroxylation sites is 1. The van der Waals surface area contributed by atoms with Crippen LogP contribution in [0.15, 0.2) is 70.5 Å². The summed E-state index contributed by atoms with van der Waals surface area (Å²) in [5.74, 6) is -1.58. The maximum absolute atomic E-state index is 13.7. The van der Waals surface area contributed by atoms with Crippen LogP contribution in [0.3, 0.4) is 0 Å². The summed E-state index contributed by atoms with van der Waals surface area (Å²) in [6, 6.07) is 12.3. The Hall–Kier alpha value is -3.26. The van der Waals surface area contributed by atoms with Crippen molar-refractivity contribution in [3.8, 4) is 0 Å². The van der Waals surface area contributed by atoms with Crippen molar-refractivity contribution in [3.63, 3.8) is 0 Å². The number of thioether (sulfide) groups is 1. The van der Waals surface area contributed by atoms with Gasteiger partial charge in [0.05, 0.1) is 6.04 Å². The molecule has 0 aliphatic heterocycles. The van der Waals surface area contributed by atoms with E-state index in [1.807, 2.05) is 18.2 Å². The fraction of sp³-hybridized carbons (Fsp3) is 0.174. The summed E-state index contributed by atoms with van der Waals surface area (Å²) in [5, 5.41) is 1.43. The molecule has 0 saturated heterocycles. The minimum Gasteiger partial charge on any atom is -0.451 e. The van der Waals surface area contributed by atoms with E-state index in [0.29, 0.717) is 22.1 Å². The van der Waals surface area contributed by atoms with Crippen molar-refractivity contribution in [1.82, 2.24) is 14.9 Å². The first kappa shape index (κ1) is 21.0. The molecular formula is C23H19F2N3O2S. The van der Waals surface area contributed by atoms with Crippen LogP contribution in [0.4, 0.5) is 8.78 Å². The quantitative estimate of drug-likeness (QED) is 0.288. The first-order valence-electron chi connectivity index (χ1n) is 9.58. The van der Waals surface area contributed by atoms with E-state index in [1.165, 1.54) is 22.7 Å². The van der Waals surface area contributed by atoms with Crippen molar-refractivity contribution in [1.29, 1.82) is 0 Å². The average molecular weight is 439 g/mol. The van der Waals surface area contributed by atoms with Crippen LogP contribution in [0.5, 0.6) is 0 Å². The molecule has 2 aromatic heterocycles. The lowest BCUT2D eigenvalue weighted by Gasteiger charge is -2.25. The molecule has 1 amide bonds. The highest BCUT2D eigenvalue weighted by molar-refractivity contribution is 7.98. The molecule has 0 aliphatic carbocycles. The fourth-order valence-corrected chi connectivity index (χ4v) is 4.07. The molecule has 0 radical (unpaired) electrons. The van der Waals surface area contributed by atoms with Crippen molar-refractivity contribution in [3.05, 3.63) is 89.4 Å². The van der Waals surface area contributed by atoms with Gasteiger partial charge in [0, 0.05) is 36.1 Å². The zero-order valence-corrected chi connectivity index (χ0v) is 17.7. The van der Waals surface area contributed by atoms with Crippen molar-refractivity contribution in [2.24, 2.45) is 0 Å². The van der Waals surface area contributed by atoms with Gasteiger partial charge >= 0.3 is 0 Å². The molecule has 158 valence electrons. The Kier molecular flexibility index (Phi) is 5.99. The molecule has 4 aromatic rings. The summed E-state index contributed by atoms with van der Waals surface area (Å²) in [6.07, 6.45) is 3.32. The molecule has 5 nitrogen and oxygen atoms in total. The Bertz CT molecular complexity index is 1230. The lowest BCUT2D eigenvalue weighted by Crippen LogP contribution is -2.30. The van der Waals surface area contributed by atoms with Crippen molar-refractivity contribution >= 4 is 28.6 Å². The van der Waals surface area contributed by atoms with Gasteiger partial charge in [-0.2, -0.15) is 0 Å². The zero-order valence-electron chi connectivity index (χ0n) is 16.9. The van der Waals surface area contributed by atoms with Gasteiger partial charge in [-0.25, -0.2) is 18.7 Å². The molecule has 2 aromatic carbocycles. The second-order valence-corrected chi connectivity index (χ2v) is 7.93. The standard InChI is InChI=1S/C23H19F2N3O2S/c1-14(15-8-9-18(24)19(25)12-15)28(2)22(29)21-17(13-31-23-26-10-5-11-27-23)16-6-3-4-7-20(16)30-21/h3-12,14H,13H2,1-2H3. The largest absolute Gasteiger partial charge is 0.451 e. The molecule has 1 atom stereocenters. The Morgan fingerprint density at radius 1 is 1.10 bits per heavy atom. The number of amides is 1. The van der Waals surface area contributed by atoms with E-state index in [4.69, 9.17) is 4.42 Å². The molecule has 1 unspecified atom stereocenters. The second-order valence-electron chi connectivity index (χ2n) is 6.99. The van der Waals surface area contributed by atoms with Gasteiger partial charge in [0.15, 0.2) is 22.6 Å². The summed E-state index contributed by atoms with van der Waals surface area (Å²) in [4.78, 5) is 23.2. The molecule has 8 heteroatoms. The van der Waals surface area contributed by atoms with Crippen LogP contribution in [0.2, 0.25) is 0 Å². The Morgan fingerprint density at radius 2 is 1.84 bits per heavy atom. The van der Waals surface area contributed by atoms with Crippen LogP contribution in [0.1, 0.15) is 34.6 Å². The van der Waals surface area contributed by atoms with Gasteiger partial charge < -0.3 is 9.32 Å². The van der Waals surface area contributed by atoms with E-state index >= 15 is 0 Å². The number of benzene rings is 2. The number of hydrogen-bond donors (Lipinski definition) is 0. The van der Waals surface area contributed by atoms with Crippen molar-refractivity contribution in [2.45, 2.75) is 23.9 Å². The molecular weight excluding hydrogens is 420 g/mol. The Balaban J connectivity index is 1.65. The van der Waals surface area contributed by atoms with Crippen LogP contribution >= 0.6 is 11.8 Å². The van der Waals surface area contributed by atoms with Gasteiger partial charge in [-0.1, -0.05) is 36.0 Å². The third-order valence-electron chi connectivity index (χ3n) is 5.11. The number of fused-ring (bicyclic) bond motifs is 1. The summed E-state index contributed by atoms with van der Waals surface area (Å²) < 4.78 is 32.9. The molecule has 0 bridgehead atoms. The topological polar surface area (TPSA) is 59.2 Å². The number of carbonyl (C=O) groups excluding carboxylic acids is 1. The van der Waals surface area contributed by atoms with Crippen LogP contribution in [-0.4, -0.2) is 27.8 Å². The second kappa shape index (κ2) is 8.85. The van der Waals surface area contributed by atoms with Gasteiger partial charge in [0.25, 0.3) is 5.91 Å². The highest BCUT2D eigenvalue weighted by Crippen LogP contribution is 2.33. The number of carbonyl (C=O) groups is 1. The predicted octanol–water partition coefficient (Wildman–Crippen LogP) is 5.63. The van der Waals surface area contributed by atoms with E-state index < -0.39 is 17.7 Å². The number of halogens is 2. The van der Waals surface area contributed by atoms with Crippen LogP contribution in [0.25, 0.3) is 11.0 Å². The molecule has 0 N–H and O–H groups in total. The number of furan rings is 1. The Morgan fingerprint density at radius 3 is 2.58 bits per heavy atom. The highest BCUT2D eigenvalue weighted by Gasteiger charge is 2.27. The summed E-state index contributed by atoms with van der Waals surface area (Å²) in [6.45, 7) is 1.75. The van der Waals surface area contributed by atoms with E-state index in [9.17, 15) is 13.6 Å². The molecule has 0 saturated carbocycles. The maximum Gasteiger partial charge on any atom is 0.290 e. The lowest BCUT2D eigenvalue weighted by atomic mass is 10.1. The maximum atomic E-state index is 13.7. The smallest absolute Gasteiger partial charge is 0.290 e. The molecule has 0 spiro atoms. The van der Waals surface area contributed by atoms with Gasteiger partial charge in [0.1, 0.15) is 5.58 Å². The van der Waals surface area contributed by atoms with E-state index in [-0.39, 0.29) is 11.7 Å². The summed E-state index contributed by atoms with van der Waals surface area (Å²) in [5.41, 5.74) is 1.83. The SMILES string of the molecule is CC(c1ccc(F)c(F)c1)N(C)C(=O)c1oc2ccccc2c1CSc1ncccn1. The molecule has 0 fully saturated rings.